The number of ether oxygens (including phenoxy) is 1. The first-order valence-electron chi connectivity index (χ1n) is 11.0. The Balaban J connectivity index is 1.84. The predicted molar refractivity (Wildman–Crippen MR) is 144 cm³/mol. The first kappa shape index (κ1) is 25.9. The molecule has 184 valence electrons. The summed E-state index contributed by atoms with van der Waals surface area (Å²) in [6, 6.07) is 18.3. The third kappa shape index (κ3) is 5.17. The predicted octanol–water partition coefficient (Wildman–Crippen LogP) is 6.66. The standard InChI is InChI=1S/C25H25Cl2N3O3S2/c1-4-29(5-2)35(31,32)18-11-13-22-21(15-18)28-25(30(22)23-8-6-7-9-24(23)33-3)34-16-17-10-12-19(26)20(27)14-17/h6-15H,4-5,16H2,1-3H3. The van der Waals surface area contributed by atoms with Crippen molar-refractivity contribution in [1.82, 2.24) is 13.9 Å². The lowest BCUT2D eigenvalue weighted by Gasteiger charge is -2.18. The van der Waals surface area contributed by atoms with Crippen LogP contribution in [0.25, 0.3) is 16.7 Å². The number of rotatable bonds is 9. The molecule has 0 aliphatic heterocycles. The van der Waals surface area contributed by atoms with Crippen molar-refractivity contribution in [3.05, 3.63) is 76.3 Å². The van der Waals surface area contributed by atoms with Crippen LogP contribution in [0.15, 0.2) is 70.7 Å². The van der Waals surface area contributed by atoms with Crippen molar-refractivity contribution in [2.75, 3.05) is 20.2 Å². The topological polar surface area (TPSA) is 64.4 Å². The third-order valence-corrected chi connectivity index (χ3v) is 9.41. The van der Waals surface area contributed by atoms with Gasteiger partial charge in [0.2, 0.25) is 10.0 Å². The number of thioether (sulfide) groups is 1. The Hall–Kier alpha value is -2.23. The highest BCUT2D eigenvalue weighted by Crippen LogP contribution is 2.35. The molecule has 1 heterocycles. The Morgan fingerprint density at radius 1 is 1.00 bits per heavy atom. The number of halogens is 2. The fraction of sp³-hybridized carbons (Fsp3) is 0.240. The van der Waals surface area contributed by atoms with Gasteiger partial charge in [-0.05, 0) is 48.0 Å². The molecule has 1 aromatic heterocycles. The van der Waals surface area contributed by atoms with Gasteiger partial charge in [-0.1, -0.05) is 67.0 Å². The van der Waals surface area contributed by atoms with Crippen LogP contribution in [0, 0.1) is 0 Å². The lowest BCUT2D eigenvalue weighted by molar-refractivity contribution is 0.412. The molecule has 3 aromatic carbocycles. The Morgan fingerprint density at radius 2 is 1.74 bits per heavy atom. The number of hydrogen-bond acceptors (Lipinski definition) is 5. The van der Waals surface area contributed by atoms with Crippen LogP contribution >= 0.6 is 35.0 Å². The molecule has 4 aromatic rings. The van der Waals surface area contributed by atoms with Gasteiger partial charge in [-0.25, -0.2) is 13.4 Å². The zero-order chi connectivity index (χ0) is 25.2. The van der Waals surface area contributed by atoms with E-state index in [1.165, 1.54) is 16.1 Å². The van der Waals surface area contributed by atoms with Crippen molar-refractivity contribution < 1.29 is 13.2 Å². The number of aromatic nitrogens is 2. The van der Waals surface area contributed by atoms with E-state index in [-0.39, 0.29) is 4.90 Å². The van der Waals surface area contributed by atoms with E-state index in [1.807, 2.05) is 54.8 Å². The maximum absolute atomic E-state index is 13.1. The average Bonchev–Trinajstić information content (AvgIpc) is 3.22. The molecule has 0 saturated heterocycles. The zero-order valence-corrected chi connectivity index (χ0v) is 22.7. The quantitative estimate of drug-likeness (QED) is 0.218. The van der Waals surface area contributed by atoms with Crippen molar-refractivity contribution in [3.63, 3.8) is 0 Å². The van der Waals surface area contributed by atoms with Gasteiger partial charge in [0.1, 0.15) is 5.75 Å². The Kier molecular flexibility index (Phi) is 7.98. The van der Waals surface area contributed by atoms with E-state index in [0.717, 1.165) is 16.8 Å². The smallest absolute Gasteiger partial charge is 0.243 e. The van der Waals surface area contributed by atoms with E-state index in [1.54, 1.807) is 31.4 Å². The molecule has 0 saturated carbocycles. The summed E-state index contributed by atoms with van der Waals surface area (Å²) in [5.74, 6) is 1.28. The lowest BCUT2D eigenvalue weighted by Crippen LogP contribution is -2.30. The minimum absolute atomic E-state index is 0.222. The van der Waals surface area contributed by atoms with Gasteiger partial charge in [-0.2, -0.15) is 4.31 Å². The molecule has 0 aliphatic rings. The molecule has 0 unspecified atom stereocenters. The summed E-state index contributed by atoms with van der Waals surface area (Å²) in [5.41, 5.74) is 3.17. The van der Waals surface area contributed by atoms with Crippen molar-refractivity contribution >= 4 is 56.0 Å². The number of para-hydroxylation sites is 2. The van der Waals surface area contributed by atoms with Crippen LogP contribution in [-0.2, 0) is 15.8 Å². The molecular weight excluding hydrogens is 525 g/mol. The maximum atomic E-state index is 13.1. The minimum atomic E-state index is -3.61. The van der Waals surface area contributed by atoms with Crippen molar-refractivity contribution in [2.45, 2.75) is 29.7 Å². The molecule has 0 radical (unpaired) electrons. The molecule has 0 atom stereocenters. The van der Waals surface area contributed by atoms with Crippen LogP contribution in [0.4, 0.5) is 0 Å². The number of fused-ring (bicyclic) bond motifs is 1. The highest BCUT2D eigenvalue weighted by atomic mass is 35.5. The fourth-order valence-corrected chi connectivity index (χ4v) is 6.60. The highest BCUT2D eigenvalue weighted by molar-refractivity contribution is 7.98. The van der Waals surface area contributed by atoms with E-state index >= 15 is 0 Å². The molecular formula is C25H25Cl2N3O3S2. The van der Waals surface area contributed by atoms with Crippen LogP contribution in [-0.4, -0.2) is 42.5 Å². The van der Waals surface area contributed by atoms with E-state index in [9.17, 15) is 8.42 Å². The number of imidazole rings is 1. The molecule has 6 nitrogen and oxygen atoms in total. The number of hydrogen-bond donors (Lipinski definition) is 0. The summed E-state index contributed by atoms with van der Waals surface area (Å²) in [6.07, 6.45) is 0. The number of sulfonamides is 1. The van der Waals surface area contributed by atoms with Gasteiger partial charge in [-0.15, -0.1) is 0 Å². The first-order chi connectivity index (χ1) is 16.8. The van der Waals surface area contributed by atoms with Gasteiger partial charge in [0.25, 0.3) is 0 Å². The molecule has 0 amide bonds. The normalized spacial score (nSPS) is 11.9. The van der Waals surface area contributed by atoms with Gasteiger partial charge < -0.3 is 4.74 Å². The maximum Gasteiger partial charge on any atom is 0.243 e. The van der Waals surface area contributed by atoms with Gasteiger partial charge in [0, 0.05) is 18.8 Å². The van der Waals surface area contributed by atoms with Crippen LogP contribution in [0.1, 0.15) is 19.4 Å². The summed E-state index contributed by atoms with van der Waals surface area (Å²) >= 11 is 13.8. The highest BCUT2D eigenvalue weighted by Gasteiger charge is 2.24. The number of nitrogens with zero attached hydrogens (tertiary/aromatic N) is 3. The van der Waals surface area contributed by atoms with Crippen LogP contribution in [0.3, 0.4) is 0 Å². The van der Waals surface area contributed by atoms with Crippen molar-refractivity contribution in [2.24, 2.45) is 0 Å². The Morgan fingerprint density at radius 3 is 2.43 bits per heavy atom. The first-order valence-corrected chi connectivity index (χ1v) is 14.2. The summed E-state index contributed by atoms with van der Waals surface area (Å²) in [7, 11) is -1.99. The minimum Gasteiger partial charge on any atom is -0.495 e. The number of benzene rings is 3. The van der Waals surface area contributed by atoms with Gasteiger partial charge in [0.05, 0.1) is 38.8 Å². The molecule has 4 rings (SSSR count). The lowest BCUT2D eigenvalue weighted by atomic mass is 10.2. The summed E-state index contributed by atoms with van der Waals surface area (Å²) < 4.78 is 35.3. The van der Waals surface area contributed by atoms with Gasteiger partial charge >= 0.3 is 0 Å². The summed E-state index contributed by atoms with van der Waals surface area (Å²) in [5, 5.41) is 1.70. The second-order valence-corrected chi connectivity index (χ2v) is 11.4. The molecule has 0 spiro atoms. The van der Waals surface area contributed by atoms with Gasteiger partial charge in [0.15, 0.2) is 5.16 Å². The van der Waals surface area contributed by atoms with Crippen LogP contribution in [0.2, 0.25) is 10.0 Å². The Labute approximate surface area is 219 Å². The average molecular weight is 551 g/mol. The summed E-state index contributed by atoms with van der Waals surface area (Å²) in [4.78, 5) is 5.05. The van der Waals surface area contributed by atoms with Crippen molar-refractivity contribution in [1.29, 1.82) is 0 Å². The van der Waals surface area contributed by atoms with E-state index in [0.29, 0.717) is 45.3 Å². The fourth-order valence-electron chi connectivity index (χ4n) is 3.83. The second kappa shape index (κ2) is 10.8. The number of methoxy groups -OCH3 is 1. The molecule has 0 fully saturated rings. The molecule has 35 heavy (non-hydrogen) atoms. The third-order valence-electron chi connectivity index (χ3n) is 5.62. The molecule has 0 N–H and O–H groups in total. The van der Waals surface area contributed by atoms with Crippen molar-refractivity contribution in [3.8, 4) is 11.4 Å². The monoisotopic (exact) mass is 549 g/mol. The second-order valence-electron chi connectivity index (χ2n) is 7.68. The molecule has 0 bridgehead atoms. The largest absolute Gasteiger partial charge is 0.495 e. The van der Waals surface area contributed by atoms with Gasteiger partial charge in [-0.3, -0.25) is 4.57 Å². The van der Waals surface area contributed by atoms with E-state index < -0.39 is 10.0 Å². The van der Waals surface area contributed by atoms with Crippen LogP contribution in [0.5, 0.6) is 5.75 Å². The SMILES string of the molecule is CCN(CC)S(=O)(=O)c1ccc2c(c1)nc(SCc1ccc(Cl)c(Cl)c1)n2-c1ccccc1OC. The molecule has 0 aliphatic carbocycles. The van der Waals surface area contributed by atoms with E-state index in [4.69, 9.17) is 32.9 Å². The van der Waals surface area contributed by atoms with Crippen LogP contribution < -0.4 is 4.74 Å². The zero-order valence-electron chi connectivity index (χ0n) is 19.5. The Bertz CT molecular complexity index is 1470. The molecule has 10 heteroatoms. The van der Waals surface area contributed by atoms with E-state index in [2.05, 4.69) is 0 Å². The summed E-state index contributed by atoms with van der Waals surface area (Å²) in [6.45, 7) is 4.45.